The van der Waals surface area contributed by atoms with Gasteiger partial charge in [0.25, 0.3) is 11.8 Å². The van der Waals surface area contributed by atoms with Crippen LogP contribution in [-0.2, 0) is 0 Å². The Morgan fingerprint density at radius 2 is 1.69 bits per heavy atom. The Morgan fingerprint density at radius 3 is 2.12 bits per heavy atom. The van der Waals surface area contributed by atoms with E-state index in [1.807, 2.05) is 6.92 Å². The number of hydrazone groups is 1. The lowest BCUT2D eigenvalue weighted by Crippen LogP contribution is -2.25. The van der Waals surface area contributed by atoms with Gasteiger partial charge in [-0.1, -0.05) is 19.1 Å². The van der Waals surface area contributed by atoms with E-state index in [4.69, 9.17) is 0 Å². The lowest BCUT2D eigenvalue weighted by molar-refractivity contribution is 0.0658. The van der Waals surface area contributed by atoms with Crippen molar-refractivity contribution in [1.82, 2.24) is 5.01 Å². The fraction of sp³-hybridized carbons (Fsp3) is 0.250. The SMILES string of the molecule is CC/C(C)=N/N1C(=O)c2ccccc2C1=O. The van der Waals surface area contributed by atoms with Crippen LogP contribution in [0.1, 0.15) is 41.0 Å². The van der Waals surface area contributed by atoms with Gasteiger partial charge in [-0.05, 0) is 25.5 Å². The Morgan fingerprint density at radius 1 is 1.19 bits per heavy atom. The smallest absolute Gasteiger partial charge is 0.267 e. The van der Waals surface area contributed by atoms with E-state index < -0.39 is 0 Å². The number of hydrogen-bond donors (Lipinski definition) is 0. The summed E-state index contributed by atoms with van der Waals surface area (Å²) < 4.78 is 0. The molecule has 0 saturated carbocycles. The number of carbonyl (C=O) groups is 2. The zero-order chi connectivity index (χ0) is 11.7. The van der Waals surface area contributed by atoms with Crippen LogP contribution < -0.4 is 0 Å². The summed E-state index contributed by atoms with van der Waals surface area (Å²) in [6, 6.07) is 6.77. The molecule has 2 amide bonds. The Bertz CT molecular complexity index is 457. The highest BCUT2D eigenvalue weighted by atomic mass is 16.2. The van der Waals surface area contributed by atoms with Crippen LogP contribution in [0.4, 0.5) is 0 Å². The van der Waals surface area contributed by atoms with Gasteiger partial charge in [-0.25, -0.2) is 0 Å². The first-order chi connectivity index (χ1) is 7.65. The van der Waals surface area contributed by atoms with Crippen molar-refractivity contribution in [3.63, 3.8) is 0 Å². The maximum Gasteiger partial charge on any atom is 0.282 e. The zero-order valence-corrected chi connectivity index (χ0v) is 9.23. The number of carbonyl (C=O) groups excluding carboxylic acids is 2. The number of fused-ring (bicyclic) bond motifs is 1. The van der Waals surface area contributed by atoms with Gasteiger partial charge in [0.05, 0.1) is 11.1 Å². The summed E-state index contributed by atoms with van der Waals surface area (Å²) in [6.45, 7) is 3.72. The Balaban J connectivity index is 2.43. The van der Waals surface area contributed by atoms with Crippen molar-refractivity contribution in [2.24, 2.45) is 5.10 Å². The van der Waals surface area contributed by atoms with Gasteiger partial charge in [-0.2, -0.15) is 10.1 Å². The molecule has 2 rings (SSSR count). The molecule has 16 heavy (non-hydrogen) atoms. The fourth-order valence-electron chi connectivity index (χ4n) is 1.51. The third kappa shape index (κ3) is 1.52. The first-order valence-electron chi connectivity index (χ1n) is 5.17. The molecule has 82 valence electrons. The van der Waals surface area contributed by atoms with Crippen LogP contribution in [0.3, 0.4) is 0 Å². The summed E-state index contributed by atoms with van der Waals surface area (Å²) in [5, 5.41) is 4.97. The molecular weight excluding hydrogens is 204 g/mol. The molecule has 0 N–H and O–H groups in total. The van der Waals surface area contributed by atoms with Crippen LogP contribution in [-0.4, -0.2) is 22.5 Å². The second kappa shape index (κ2) is 3.89. The molecule has 1 aromatic rings. The topological polar surface area (TPSA) is 49.7 Å². The maximum atomic E-state index is 11.9. The third-order valence-electron chi connectivity index (χ3n) is 2.55. The van der Waals surface area contributed by atoms with Crippen LogP contribution in [0.25, 0.3) is 0 Å². The molecule has 0 fully saturated rings. The average molecular weight is 216 g/mol. The lowest BCUT2D eigenvalue weighted by atomic mass is 10.1. The largest absolute Gasteiger partial charge is 0.282 e. The number of benzene rings is 1. The Hall–Kier alpha value is -1.97. The van der Waals surface area contributed by atoms with Gasteiger partial charge in [0.2, 0.25) is 0 Å². The molecule has 0 atom stereocenters. The highest BCUT2D eigenvalue weighted by Crippen LogP contribution is 2.22. The van der Waals surface area contributed by atoms with Crippen LogP contribution in [0.15, 0.2) is 29.4 Å². The van der Waals surface area contributed by atoms with Gasteiger partial charge in [0.15, 0.2) is 0 Å². The van der Waals surface area contributed by atoms with Gasteiger partial charge in [0, 0.05) is 5.71 Å². The highest BCUT2D eigenvalue weighted by Gasteiger charge is 2.35. The summed E-state index contributed by atoms with van der Waals surface area (Å²) in [7, 11) is 0. The van der Waals surface area contributed by atoms with E-state index in [9.17, 15) is 9.59 Å². The van der Waals surface area contributed by atoms with Crippen molar-refractivity contribution in [1.29, 1.82) is 0 Å². The fourth-order valence-corrected chi connectivity index (χ4v) is 1.51. The molecule has 0 spiro atoms. The zero-order valence-electron chi connectivity index (χ0n) is 9.23. The summed E-state index contributed by atoms with van der Waals surface area (Å²) in [5.41, 5.74) is 1.62. The first kappa shape index (κ1) is 10.5. The van der Waals surface area contributed by atoms with Crippen molar-refractivity contribution < 1.29 is 9.59 Å². The summed E-state index contributed by atoms with van der Waals surface area (Å²) in [4.78, 5) is 23.7. The van der Waals surface area contributed by atoms with Crippen LogP contribution in [0.2, 0.25) is 0 Å². The summed E-state index contributed by atoms with van der Waals surface area (Å²) >= 11 is 0. The number of hydrogen-bond acceptors (Lipinski definition) is 3. The summed E-state index contributed by atoms with van der Waals surface area (Å²) in [5.74, 6) is -0.679. The van der Waals surface area contributed by atoms with E-state index in [-0.39, 0.29) is 11.8 Å². The third-order valence-corrected chi connectivity index (χ3v) is 2.55. The van der Waals surface area contributed by atoms with Crippen molar-refractivity contribution >= 4 is 17.5 Å². The monoisotopic (exact) mass is 216 g/mol. The minimum atomic E-state index is -0.339. The maximum absolute atomic E-state index is 11.9. The second-order valence-corrected chi connectivity index (χ2v) is 3.66. The predicted octanol–water partition coefficient (Wildman–Crippen LogP) is 2.07. The molecule has 0 saturated heterocycles. The average Bonchev–Trinajstić information content (AvgIpc) is 2.55. The van der Waals surface area contributed by atoms with Gasteiger partial charge in [-0.3, -0.25) is 9.59 Å². The summed E-state index contributed by atoms with van der Waals surface area (Å²) in [6.07, 6.45) is 0.716. The van der Waals surface area contributed by atoms with Crippen LogP contribution in [0.5, 0.6) is 0 Å². The number of nitrogens with zero attached hydrogens (tertiary/aromatic N) is 2. The molecule has 4 nitrogen and oxygen atoms in total. The molecule has 0 aromatic heterocycles. The molecule has 0 aliphatic carbocycles. The van der Waals surface area contributed by atoms with Gasteiger partial charge >= 0.3 is 0 Å². The first-order valence-corrected chi connectivity index (χ1v) is 5.17. The van der Waals surface area contributed by atoms with Crippen LogP contribution in [0, 0.1) is 0 Å². The van der Waals surface area contributed by atoms with E-state index in [1.165, 1.54) is 0 Å². The highest BCUT2D eigenvalue weighted by molar-refractivity contribution is 6.21. The molecule has 1 aliphatic heterocycles. The van der Waals surface area contributed by atoms with Crippen molar-refractivity contribution in [3.05, 3.63) is 35.4 Å². The van der Waals surface area contributed by atoms with E-state index >= 15 is 0 Å². The van der Waals surface area contributed by atoms with E-state index in [1.54, 1.807) is 31.2 Å². The van der Waals surface area contributed by atoms with E-state index in [0.717, 1.165) is 10.7 Å². The van der Waals surface area contributed by atoms with Crippen molar-refractivity contribution in [2.75, 3.05) is 0 Å². The quantitative estimate of drug-likeness (QED) is 0.561. The van der Waals surface area contributed by atoms with Gasteiger partial charge < -0.3 is 0 Å². The molecule has 1 aromatic carbocycles. The standard InChI is InChI=1S/C12H12N2O2/c1-3-8(2)13-14-11(15)9-6-4-5-7-10(9)12(14)16/h4-7H,3H2,1-2H3/b13-8+. The number of rotatable bonds is 2. The van der Waals surface area contributed by atoms with Crippen molar-refractivity contribution in [2.45, 2.75) is 20.3 Å². The Labute approximate surface area is 93.6 Å². The molecule has 1 aliphatic rings. The van der Waals surface area contributed by atoms with Gasteiger partial charge in [0.1, 0.15) is 0 Å². The van der Waals surface area contributed by atoms with Gasteiger partial charge in [-0.15, -0.1) is 0 Å². The second-order valence-electron chi connectivity index (χ2n) is 3.66. The molecule has 0 radical (unpaired) electrons. The minimum absolute atomic E-state index is 0.339. The molecule has 4 heteroatoms. The van der Waals surface area contributed by atoms with Crippen molar-refractivity contribution in [3.8, 4) is 0 Å². The predicted molar refractivity (Wildman–Crippen MR) is 60.3 cm³/mol. The Kier molecular flexibility index (Phi) is 2.56. The minimum Gasteiger partial charge on any atom is -0.267 e. The molecule has 0 unspecified atom stereocenters. The number of amides is 2. The van der Waals surface area contributed by atoms with E-state index in [0.29, 0.717) is 17.5 Å². The van der Waals surface area contributed by atoms with E-state index in [2.05, 4.69) is 5.10 Å². The number of imide groups is 1. The molecule has 1 heterocycles. The molecule has 0 bridgehead atoms. The van der Waals surface area contributed by atoms with Crippen LogP contribution >= 0.6 is 0 Å². The normalized spacial score (nSPS) is 15.6. The lowest BCUT2D eigenvalue weighted by Gasteiger charge is -2.07. The molecular formula is C12H12N2O2.